The summed E-state index contributed by atoms with van der Waals surface area (Å²) in [5.74, 6) is 0.0763. The Balaban J connectivity index is 2.82. The molecule has 1 aliphatic heterocycles. The molecule has 0 radical (unpaired) electrons. The van der Waals surface area contributed by atoms with Crippen LogP contribution in [0.3, 0.4) is 0 Å². The maximum Gasteiger partial charge on any atom is 0.189 e. The Morgan fingerprint density at radius 3 is 2.00 bits per heavy atom. The maximum atomic E-state index is 10.6. The fourth-order valence-electron chi connectivity index (χ4n) is 0.636. The third-order valence-corrected chi connectivity index (χ3v) is 1.25. The van der Waals surface area contributed by atoms with Crippen molar-refractivity contribution in [3.05, 3.63) is 24.6 Å². The number of allylic oxidation sites excluding steroid dienone is 2. The van der Waals surface area contributed by atoms with E-state index in [4.69, 9.17) is 0 Å². The Morgan fingerprint density at radius 2 is 1.67 bits per heavy atom. The largest absolute Gasteiger partial charge is 0.290 e. The van der Waals surface area contributed by atoms with Crippen LogP contribution in [0.5, 0.6) is 0 Å². The first-order valence-corrected chi connectivity index (χ1v) is 2.86. The summed E-state index contributed by atoms with van der Waals surface area (Å²) in [4.78, 5) is 10.6. The van der Waals surface area contributed by atoms with E-state index in [-0.39, 0.29) is 5.78 Å². The Hall–Kier alpha value is -0.890. The van der Waals surface area contributed by atoms with Crippen molar-refractivity contribution in [2.45, 2.75) is 0 Å². The molecule has 0 aromatic rings. The molecule has 0 spiro atoms. The molecule has 0 aromatic carbocycles. The highest BCUT2D eigenvalue weighted by Gasteiger charge is 2.11. The Bertz CT molecular complexity index is 171. The molecule has 0 saturated heterocycles. The van der Waals surface area contributed by atoms with E-state index in [0.29, 0.717) is 4.48 Å². The molecule has 0 unspecified atom stereocenters. The summed E-state index contributed by atoms with van der Waals surface area (Å²) >= 11 is 0. The van der Waals surface area contributed by atoms with Gasteiger partial charge in [-0.3, -0.25) is 9.28 Å². The average Bonchev–Trinajstić information content (AvgIpc) is 1.78. The molecule has 1 rings (SSSR count). The fraction of sp³-hybridized carbons (Fsp3) is 0.286. The van der Waals surface area contributed by atoms with Crippen LogP contribution in [0.2, 0.25) is 0 Å². The standard InChI is InChI=1S/C7H10NO/c1-8(2)5-3-7(9)4-6-8/h3-6H,1-2H3/q+1. The van der Waals surface area contributed by atoms with E-state index < -0.39 is 0 Å². The number of ketones is 1. The molecule has 9 heavy (non-hydrogen) atoms. The van der Waals surface area contributed by atoms with Crippen molar-refractivity contribution < 1.29 is 9.28 Å². The second-order valence-electron chi connectivity index (χ2n) is 2.66. The topological polar surface area (TPSA) is 17.1 Å². The van der Waals surface area contributed by atoms with Crippen LogP contribution in [0.15, 0.2) is 24.6 Å². The van der Waals surface area contributed by atoms with Crippen molar-refractivity contribution in [3.8, 4) is 0 Å². The highest BCUT2D eigenvalue weighted by molar-refractivity contribution is 5.99. The SMILES string of the molecule is C[N+]1(C)C=CC(=O)C=C1. The van der Waals surface area contributed by atoms with Crippen molar-refractivity contribution >= 4 is 5.78 Å². The first kappa shape index (κ1) is 6.23. The third-order valence-electron chi connectivity index (χ3n) is 1.25. The predicted octanol–water partition coefficient (Wildman–Crippen LogP) is 0.673. The molecule has 2 heteroatoms. The first-order valence-electron chi connectivity index (χ1n) is 2.86. The van der Waals surface area contributed by atoms with Crippen molar-refractivity contribution in [2.24, 2.45) is 0 Å². The van der Waals surface area contributed by atoms with E-state index in [0.717, 1.165) is 0 Å². The zero-order valence-electron chi connectivity index (χ0n) is 5.66. The van der Waals surface area contributed by atoms with Crippen LogP contribution < -0.4 is 0 Å². The van der Waals surface area contributed by atoms with Crippen LogP contribution in [0.25, 0.3) is 0 Å². The molecule has 0 saturated carbocycles. The average molecular weight is 124 g/mol. The molecule has 0 atom stereocenters. The van der Waals surface area contributed by atoms with Gasteiger partial charge in [0.25, 0.3) is 0 Å². The maximum absolute atomic E-state index is 10.6. The van der Waals surface area contributed by atoms with E-state index >= 15 is 0 Å². The summed E-state index contributed by atoms with van der Waals surface area (Å²) in [6.45, 7) is 0. The molecule has 0 amide bonds. The monoisotopic (exact) mass is 124 g/mol. The van der Waals surface area contributed by atoms with Crippen LogP contribution in [0.4, 0.5) is 0 Å². The molecule has 0 fully saturated rings. The second-order valence-corrected chi connectivity index (χ2v) is 2.66. The van der Waals surface area contributed by atoms with Crippen molar-refractivity contribution in [1.29, 1.82) is 0 Å². The minimum Gasteiger partial charge on any atom is -0.290 e. The molecular formula is C7H10NO+. The van der Waals surface area contributed by atoms with Crippen LogP contribution in [0, 0.1) is 0 Å². The van der Waals surface area contributed by atoms with E-state index in [9.17, 15) is 4.79 Å². The highest BCUT2D eigenvalue weighted by atomic mass is 16.1. The number of carbonyl (C=O) groups excluding carboxylic acids is 1. The molecule has 1 aliphatic rings. The molecule has 2 nitrogen and oxygen atoms in total. The fourth-order valence-corrected chi connectivity index (χ4v) is 0.636. The number of hydrogen-bond donors (Lipinski definition) is 0. The summed E-state index contributed by atoms with van der Waals surface area (Å²) in [5, 5.41) is 0. The van der Waals surface area contributed by atoms with Crippen LogP contribution in [-0.2, 0) is 4.79 Å². The van der Waals surface area contributed by atoms with Crippen molar-refractivity contribution in [2.75, 3.05) is 14.1 Å². The van der Waals surface area contributed by atoms with Gasteiger partial charge in [0.1, 0.15) is 12.4 Å². The van der Waals surface area contributed by atoms with E-state index in [1.165, 1.54) is 0 Å². The molecule has 0 bridgehead atoms. The molecule has 1 heterocycles. The van der Waals surface area contributed by atoms with Gasteiger partial charge in [-0.1, -0.05) is 0 Å². The highest BCUT2D eigenvalue weighted by Crippen LogP contribution is 2.04. The third kappa shape index (κ3) is 1.50. The molecule has 0 aliphatic carbocycles. The number of quaternary nitrogens is 1. The van der Waals surface area contributed by atoms with Gasteiger partial charge in [-0.15, -0.1) is 0 Å². The van der Waals surface area contributed by atoms with Gasteiger partial charge in [0.2, 0.25) is 0 Å². The van der Waals surface area contributed by atoms with Gasteiger partial charge >= 0.3 is 0 Å². The number of carbonyl (C=O) groups is 1. The van der Waals surface area contributed by atoms with E-state index in [2.05, 4.69) is 0 Å². The normalized spacial score (nSPS) is 22.7. The van der Waals surface area contributed by atoms with Crippen LogP contribution in [-0.4, -0.2) is 24.4 Å². The minimum absolute atomic E-state index is 0.0763. The van der Waals surface area contributed by atoms with Gasteiger partial charge < -0.3 is 0 Å². The Kier molecular flexibility index (Phi) is 1.25. The summed E-state index contributed by atoms with van der Waals surface area (Å²) in [6, 6.07) is 0. The molecule has 0 N–H and O–H groups in total. The van der Waals surface area contributed by atoms with E-state index in [1.807, 2.05) is 26.5 Å². The van der Waals surface area contributed by atoms with Gasteiger partial charge in [0.15, 0.2) is 5.78 Å². The molecule has 0 aromatic heterocycles. The molecule has 48 valence electrons. The molecular weight excluding hydrogens is 114 g/mol. The lowest BCUT2D eigenvalue weighted by Crippen LogP contribution is -2.28. The van der Waals surface area contributed by atoms with Gasteiger partial charge in [0.05, 0.1) is 14.1 Å². The van der Waals surface area contributed by atoms with Crippen LogP contribution >= 0.6 is 0 Å². The lowest BCUT2D eigenvalue weighted by Gasteiger charge is -2.20. The van der Waals surface area contributed by atoms with Crippen LogP contribution in [0.1, 0.15) is 0 Å². The number of rotatable bonds is 0. The number of hydrogen-bond acceptors (Lipinski definition) is 1. The summed E-state index contributed by atoms with van der Waals surface area (Å²) in [7, 11) is 4.00. The Morgan fingerprint density at radius 1 is 1.22 bits per heavy atom. The lowest BCUT2D eigenvalue weighted by molar-refractivity contribution is -0.784. The quantitative estimate of drug-likeness (QED) is 0.434. The summed E-state index contributed by atoms with van der Waals surface area (Å²) in [5.41, 5.74) is 0. The Labute approximate surface area is 54.7 Å². The number of nitrogens with zero attached hydrogens (tertiary/aromatic N) is 1. The van der Waals surface area contributed by atoms with Gasteiger partial charge in [0, 0.05) is 12.2 Å². The zero-order valence-corrected chi connectivity index (χ0v) is 5.66. The smallest absolute Gasteiger partial charge is 0.189 e. The minimum atomic E-state index is 0.0763. The van der Waals surface area contributed by atoms with Gasteiger partial charge in [-0.05, 0) is 0 Å². The van der Waals surface area contributed by atoms with Crippen molar-refractivity contribution in [1.82, 2.24) is 0 Å². The zero-order chi connectivity index (χ0) is 6.91. The predicted molar refractivity (Wildman–Crippen MR) is 35.4 cm³/mol. The first-order chi connectivity index (χ1) is 4.10. The second kappa shape index (κ2) is 1.81. The summed E-state index contributed by atoms with van der Waals surface area (Å²) < 4.78 is 0.658. The lowest BCUT2D eigenvalue weighted by atomic mass is 10.3. The van der Waals surface area contributed by atoms with Gasteiger partial charge in [-0.25, -0.2) is 0 Å². The summed E-state index contributed by atoms with van der Waals surface area (Å²) in [6.07, 6.45) is 6.87. The van der Waals surface area contributed by atoms with Crippen molar-refractivity contribution in [3.63, 3.8) is 0 Å². The van der Waals surface area contributed by atoms with Gasteiger partial charge in [-0.2, -0.15) is 0 Å². The van der Waals surface area contributed by atoms with E-state index in [1.54, 1.807) is 12.2 Å².